The lowest BCUT2D eigenvalue weighted by Crippen LogP contribution is -2.46. The summed E-state index contributed by atoms with van der Waals surface area (Å²) in [5.41, 5.74) is 2.72. The van der Waals surface area contributed by atoms with Gasteiger partial charge in [-0.15, -0.1) is 0 Å². The Morgan fingerprint density at radius 1 is 1.13 bits per heavy atom. The summed E-state index contributed by atoms with van der Waals surface area (Å²) >= 11 is 0. The predicted molar refractivity (Wildman–Crippen MR) is 117 cm³/mol. The van der Waals surface area contributed by atoms with Gasteiger partial charge in [0.1, 0.15) is 11.5 Å². The first kappa shape index (κ1) is 20.0. The van der Waals surface area contributed by atoms with Gasteiger partial charge < -0.3 is 14.5 Å². The van der Waals surface area contributed by atoms with Crippen LogP contribution in [0.25, 0.3) is 17.1 Å². The number of piperidine rings is 1. The van der Waals surface area contributed by atoms with Crippen LogP contribution in [0.1, 0.15) is 30.6 Å². The topological polar surface area (TPSA) is 72.5 Å². The van der Waals surface area contributed by atoms with Crippen molar-refractivity contribution in [3.05, 3.63) is 60.0 Å². The van der Waals surface area contributed by atoms with Crippen molar-refractivity contribution in [1.82, 2.24) is 20.0 Å². The zero-order valence-electron chi connectivity index (χ0n) is 17.8. The zero-order valence-corrected chi connectivity index (χ0v) is 17.8. The molecule has 3 aromatic rings. The molecule has 0 saturated carbocycles. The summed E-state index contributed by atoms with van der Waals surface area (Å²) in [7, 11) is 0. The molecule has 4 heterocycles. The molecule has 0 atom stereocenters. The summed E-state index contributed by atoms with van der Waals surface area (Å²) in [4.78, 5) is 14.5. The number of amides is 1. The molecule has 2 fully saturated rings. The van der Waals surface area contributed by atoms with Crippen LogP contribution in [0.15, 0.2) is 53.1 Å². The van der Waals surface area contributed by atoms with E-state index in [0.717, 1.165) is 60.9 Å². The molecule has 31 heavy (non-hydrogen) atoms. The minimum absolute atomic E-state index is 0.102. The molecule has 1 N–H and O–H groups in total. The highest BCUT2D eigenvalue weighted by Crippen LogP contribution is 2.33. The van der Waals surface area contributed by atoms with Crippen molar-refractivity contribution >= 4 is 5.91 Å². The molecule has 162 valence electrons. The fourth-order valence-electron chi connectivity index (χ4n) is 4.55. The van der Waals surface area contributed by atoms with Crippen molar-refractivity contribution in [2.75, 3.05) is 26.2 Å². The average molecular weight is 421 g/mol. The predicted octanol–water partition coefficient (Wildman–Crippen LogP) is 3.31. The first-order valence-corrected chi connectivity index (χ1v) is 10.9. The highest BCUT2D eigenvalue weighted by Gasteiger charge is 2.39. The Hall–Kier alpha value is -2.90. The molecule has 0 radical (unpaired) electrons. The standard InChI is InChI=1S/C24H28N4O3/c1-18-7-8-21(31-18)23-19(17-28(26-23)20-5-3-2-4-6-20)16-27-12-9-24(10-13-27)15-22(29)25-11-14-30-24/h2-8,17H,9-16H2,1H3,(H,25,29). The molecule has 5 rings (SSSR count). The zero-order chi connectivity index (χ0) is 21.3. The van der Waals surface area contributed by atoms with Gasteiger partial charge in [0.25, 0.3) is 0 Å². The molecular formula is C24H28N4O3. The van der Waals surface area contributed by atoms with Crippen molar-refractivity contribution in [2.24, 2.45) is 0 Å². The van der Waals surface area contributed by atoms with Crippen molar-refractivity contribution in [3.63, 3.8) is 0 Å². The van der Waals surface area contributed by atoms with Gasteiger partial charge in [0.2, 0.25) is 5.91 Å². The Morgan fingerprint density at radius 2 is 1.94 bits per heavy atom. The molecule has 0 unspecified atom stereocenters. The SMILES string of the molecule is Cc1ccc(-c2nn(-c3ccccc3)cc2CN2CCC3(CC2)CC(=O)NCCO3)o1. The Kier molecular flexibility index (Phi) is 5.38. The molecule has 2 aliphatic heterocycles. The van der Waals surface area contributed by atoms with E-state index < -0.39 is 0 Å². The van der Waals surface area contributed by atoms with Gasteiger partial charge in [-0.05, 0) is 44.0 Å². The molecule has 2 aliphatic rings. The van der Waals surface area contributed by atoms with Crippen LogP contribution in [0.5, 0.6) is 0 Å². The number of benzene rings is 1. The van der Waals surface area contributed by atoms with Crippen molar-refractivity contribution in [3.8, 4) is 17.1 Å². The molecule has 0 aliphatic carbocycles. The highest BCUT2D eigenvalue weighted by molar-refractivity contribution is 5.77. The number of nitrogens with one attached hydrogen (secondary N) is 1. The van der Waals surface area contributed by atoms with E-state index in [-0.39, 0.29) is 11.5 Å². The number of carbonyl (C=O) groups excluding carboxylic acids is 1. The van der Waals surface area contributed by atoms with Gasteiger partial charge in [0.15, 0.2) is 5.76 Å². The number of furan rings is 1. The number of aryl methyl sites for hydroxylation is 1. The molecule has 1 amide bonds. The lowest BCUT2D eigenvalue weighted by Gasteiger charge is -2.40. The number of hydrogen-bond acceptors (Lipinski definition) is 5. The smallest absolute Gasteiger partial charge is 0.222 e. The number of nitrogens with zero attached hydrogens (tertiary/aromatic N) is 3. The molecule has 2 saturated heterocycles. The Bertz CT molecular complexity index is 1050. The lowest BCUT2D eigenvalue weighted by molar-refractivity contribution is -0.128. The van der Waals surface area contributed by atoms with Crippen LogP contribution in [0.4, 0.5) is 0 Å². The Morgan fingerprint density at radius 3 is 2.68 bits per heavy atom. The van der Waals surface area contributed by atoms with Crippen LogP contribution in [0.3, 0.4) is 0 Å². The number of hydrogen-bond donors (Lipinski definition) is 1. The van der Waals surface area contributed by atoms with E-state index in [0.29, 0.717) is 19.6 Å². The summed E-state index contributed by atoms with van der Waals surface area (Å²) in [5.74, 6) is 1.77. The average Bonchev–Trinajstić information content (AvgIpc) is 3.35. The maximum absolute atomic E-state index is 12.0. The molecule has 2 aromatic heterocycles. The van der Waals surface area contributed by atoms with E-state index in [4.69, 9.17) is 14.3 Å². The van der Waals surface area contributed by atoms with Gasteiger partial charge in [-0.2, -0.15) is 5.10 Å². The summed E-state index contributed by atoms with van der Waals surface area (Å²) < 4.78 is 13.9. The van der Waals surface area contributed by atoms with Crippen LogP contribution >= 0.6 is 0 Å². The lowest BCUT2D eigenvalue weighted by atomic mass is 9.87. The van der Waals surface area contributed by atoms with Crippen molar-refractivity contribution in [1.29, 1.82) is 0 Å². The van der Waals surface area contributed by atoms with E-state index in [2.05, 4.69) is 16.4 Å². The normalized spacial score (nSPS) is 19.3. The van der Waals surface area contributed by atoms with Crippen molar-refractivity contribution in [2.45, 2.75) is 38.3 Å². The van der Waals surface area contributed by atoms with Gasteiger partial charge in [-0.25, -0.2) is 4.68 Å². The third-order valence-electron chi connectivity index (χ3n) is 6.26. The maximum Gasteiger partial charge on any atom is 0.222 e. The third kappa shape index (κ3) is 4.29. The number of aromatic nitrogens is 2. The molecule has 1 spiro atoms. The molecular weight excluding hydrogens is 392 g/mol. The fraction of sp³-hybridized carbons (Fsp3) is 0.417. The van der Waals surface area contributed by atoms with Crippen LogP contribution in [-0.2, 0) is 16.1 Å². The maximum atomic E-state index is 12.0. The van der Waals surface area contributed by atoms with E-state index in [1.165, 1.54) is 0 Å². The number of rotatable bonds is 4. The third-order valence-corrected chi connectivity index (χ3v) is 6.26. The van der Waals surface area contributed by atoms with Crippen LogP contribution in [0, 0.1) is 6.92 Å². The number of ether oxygens (including phenoxy) is 1. The minimum atomic E-state index is -0.313. The van der Waals surface area contributed by atoms with Crippen LogP contribution in [0.2, 0.25) is 0 Å². The van der Waals surface area contributed by atoms with Gasteiger partial charge in [-0.3, -0.25) is 9.69 Å². The molecule has 0 bridgehead atoms. The minimum Gasteiger partial charge on any atom is -0.460 e. The fourth-order valence-corrected chi connectivity index (χ4v) is 4.55. The van der Waals surface area contributed by atoms with Gasteiger partial charge >= 0.3 is 0 Å². The van der Waals surface area contributed by atoms with Gasteiger partial charge in [0, 0.05) is 37.9 Å². The van der Waals surface area contributed by atoms with Crippen LogP contribution in [-0.4, -0.2) is 52.4 Å². The van der Waals surface area contributed by atoms with Gasteiger partial charge in [0.05, 0.1) is 24.3 Å². The molecule has 7 nitrogen and oxygen atoms in total. The number of likely N-dealkylation sites (tertiary alicyclic amines) is 1. The highest BCUT2D eigenvalue weighted by atomic mass is 16.5. The number of para-hydroxylation sites is 1. The summed E-state index contributed by atoms with van der Waals surface area (Å²) in [5, 5.41) is 7.77. The van der Waals surface area contributed by atoms with Crippen LogP contribution < -0.4 is 5.32 Å². The molecule has 1 aromatic carbocycles. The largest absolute Gasteiger partial charge is 0.460 e. The Balaban J connectivity index is 1.36. The first-order chi connectivity index (χ1) is 15.1. The second kappa shape index (κ2) is 8.32. The van der Waals surface area contributed by atoms with Gasteiger partial charge in [-0.1, -0.05) is 18.2 Å². The van der Waals surface area contributed by atoms with Crippen molar-refractivity contribution < 1.29 is 13.9 Å². The second-order valence-corrected chi connectivity index (χ2v) is 8.53. The Labute approximate surface area is 182 Å². The monoisotopic (exact) mass is 420 g/mol. The van der Waals surface area contributed by atoms with E-state index >= 15 is 0 Å². The first-order valence-electron chi connectivity index (χ1n) is 10.9. The second-order valence-electron chi connectivity index (χ2n) is 8.53. The molecule has 7 heteroatoms. The number of carbonyl (C=O) groups is 1. The van der Waals surface area contributed by atoms with E-state index in [9.17, 15) is 4.79 Å². The summed E-state index contributed by atoms with van der Waals surface area (Å²) in [6.45, 7) is 5.71. The summed E-state index contributed by atoms with van der Waals surface area (Å²) in [6, 6.07) is 14.1. The van der Waals surface area contributed by atoms with E-state index in [1.807, 2.05) is 54.1 Å². The van der Waals surface area contributed by atoms with E-state index in [1.54, 1.807) is 0 Å². The summed E-state index contributed by atoms with van der Waals surface area (Å²) in [6.07, 6.45) is 4.29. The quantitative estimate of drug-likeness (QED) is 0.701.